The molecule has 0 amide bonds. The fourth-order valence-corrected chi connectivity index (χ4v) is 3.53. The first-order valence-corrected chi connectivity index (χ1v) is 7.24. The highest BCUT2D eigenvalue weighted by Crippen LogP contribution is 2.43. The highest BCUT2D eigenvalue weighted by Gasteiger charge is 2.37. The Bertz CT molecular complexity index is 195. The second-order valence-corrected chi connectivity index (χ2v) is 5.81. The van der Waals surface area contributed by atoms with Gasteiger partial charge in [-0.2, -0.15) is 0 Å². The van der Waals surface area contributed by atoms with Crippen molar-refractivity contribution in [2.75, 3.05) is 26.2 Å². The Morgan fingerprint density at radius 2 is 1.81 bits per heavy atom. The lowest BCUT2D eigenvalue weighted by Gasteiger charge is -2.39. The van der Waals surface area contributed by atoms with Crippen LogP contribution in [0.1, 0.15) is 52.4 Å². The Hall–Kier alpha value is -0.0800. The molecule has 1 atom stereocenters. The molecule has 16 heavy (non-hydrogen) atoms. The molecule has 0 radical (unpaired) electrons. The normalized spacial score (nSPS) is 29.1. The van der Waals surface area contributed by atoms with E-state index in [1.165, 1.54) is 64.7 Å². The van der Waals surface area contributed by atoms with E-state index in [-0.39, 0.29) is 0 Å². The van der Waals surface area contributed by atoms with Crippen LogP contribution in [0, 0.1) is 5.41 Å². The van der Waals surface area contributed by atoms with Crippen LogP contribution in [-0.2, 0) is 0 Å². The van der Waals surface area contributed by atoms with E-state index in [1.54, 1.807) is 0 Å². The molecule has 1 heterocycles. The molecular weight excluding hydrogens is 196 g/mol. The van der Waals surface area contributed by atoms with E-state index in [0.29, 0.717) is 5.41 Å². The van der Waals surface area contributed by atoms with Crippen molar-refractivity contribution >= 4 is 0 Å². The largest absolute Gasteiger partial charge is 0.312 e. The van der Waals surface area contributed by atoms with Crippen LogP contribution in [0.25, 0.3) is 0 Å². The first-order chi connectivity index (χ1) is 7.78. The van der Waals surface area contributed by atoms with E-state index in [1.807, 2.05) is 0 Å². The maximum Gasteiger partial charge on any atom is 0.0195 e. The van der Waals surface area contributed by atoms with Gasteiger partial charge < -0.3 is 10.2 Å². The number of piperidine rings is 1. The van der Waals surface area contributed by atoms with Crippen molar-refractivity contribution < 1.29 is 0 Å². The molecule has 1 unspecified atom stereocenters. The van der Waals surface area contributed by atoms with Gasteiger partial charge in [0.2, 0.25) is 0 Å². The summed E-state index contributed by atoms with van der Waals surface area (Å²) in [5.74, 6) is 0. The average molecular weight is 224 g/mol. The molecule has 1 saturated heterocycles. The van der Waals surface area contributed by atoms with Crippen LogP contribution in [0.2, 0.25) is 0 Å². The topological polar surface area (TPSA) is 15.3 Å². The highest BCUT2D eigenvalue weighted by molar-refractivity contribution is 4.93. The van der Waals surface area contributed by atoms with Gasteiger partial charge in [-0.05, 0) is 44.2 Å². The lowest BCUT2D eigenvalue weighted by molar-refractivity contribution is 0.155. The lowest BCUT2D eigenvalue weighted by Crippen LogP contribution is -2.49. The van der Waals surface area contributed by atoms with Crippen LogP contribution < -0.4 is 5.32 Å². The van der Waals surface area contributed by atoms with E-state index in [4.69, 9.17) is 0 Å². The summed E-state index contributed by atoms with van der Waals surface area (Å²) in [5.41, 5.74) is 0.708. The number of rotatable bonds is 4. The summed E-state index contributed by atoms with van der Waals surface area (Å²) in [6.45, 7) is 9.47. The molecule has 1 saturated carbocycles. The van der Waals surface area contributed by atoms with Crippen LogP contribution in [-0.4, -0.2) is 37.1 Å². The summed E-state index contributed by atoms with van der Waals surface area (Å²) in [5, 5.41) is 3.81. The van der Waals surface area contributed by atoms with Gasteiger partial charge in [-0.15, -0.1) is 0 Å². The molecule has 1 aliphatic carbocycles. The van der Waals surface area contributed by atoms with E-state index in [2.05, 4.69) is 24.1 Å². The number of hydrogen-bond acceptors (Lipinski definition) is 2. The van der Waals surface area contributed by atoms with Gasteiger partial charge in [0, 0.05) is 19.1 Å². The van der Waals surface area contributed by atoms with Gasteiger partial charge in [-0.3, -0.25) is 0 Å². The summed E-state index contributed by atoms with van der Waals surface area (Å²) in [4.78, 5) is 2.55. The van der Waals surface area contributed by atoms with Gasteiger partial charge >= 0.3 is 0 Å². The van der Waals surface area contributed by atoms with Gasteiger partial charge in [0.15, 0.2) is 0 Å². The van der Waals surface area contributed by atoms with Crippen LogP contribution in [0.15, 0.2) is 0 Å². The number of hydrogen-bond donors (Lipinski definition) is 1. The SMILES string of the molecule is CCN(CC)CC1CCC2(CCCC2)CN1. The highest BCUT2D eigenvalue weighted by atomic mass is 15.1. The van der Waals surface area contributed by atoms with Gasteiger partial charge in [-0.25, -0.2) is 0 Å². The predicted octanol–water partition coefficient (Wildman–Crippen LogP) is 2.64. The Kier molecular flexibility index (Phi) is 4.26. The minimum atomic E-state index is 0.708. The summed E-state index contributed by atoms with van der Waals surface area (Å²) in [7, 11) is 0. The molecule has 0 aromatic carbocycles. The molecule has 2 fully saturated rings. The Morgan fingerprint density at radius 3 is 2.31 bits per heavy atom. The third-order valence-corrected chi connectivity index (χ3v) is 4.83. The molecule has 0 bridgehead atoms. The van der Waals surface area contributed by atoms with Crippen molar-refractivity contribution in [2.24, 2.45) is 5.41 Å². The van der Waals surface area contributed by atoms with Crippen molar-refractivity contribution in [3.63, 3.8) is 0 Å². The van der Waals surface area contributed by atoms with E-state index < -0.39 is 0 Å². The summed E-state index contributed by atoms with van der Waals surface area (Å²) in [6.07, 6.45) is 8.79. The summed E-state index contributed by atoms with van der Waals surface area (Å²) in [6, 6.07) is 0.756. The van der Waals surface area contributed by atoms with Gasteiger partial charge in [-0.1, -0.05) is 26.7 Å². The van der Waals surface area contributed by atoms with Crippen molar-refractivity contribution in [3.05, 3.63) is 0 Å². The average Bonchev–Trinajstić information content (AvgIpc) is 2.77. The van der Waals surface area contributed by atoms with Crippen LogP contribution >= 0.6 is 0 Å². The van der Waals surface area contributed by atoms with E-state index in [9.17, 15) is 0 Å². The second-order valence-electron chi connectivity index (χ2n) is 5.81. The molecule has 2 rings (SSSR count). The zero-order valence-electron chi connectivity index (χ0n) is 11.1. The fourth-order valence-electron chi connectivity index (χ4n) is 3.53. The first-order valence-electron chi connectivity index (χ1n) is 7.24. The smallest absolute Gasteiger partial charge is 0.0195 e. The Morgan fingerprint density at radius 1 is 1.12 bits per heavy atom. The first kappa shape index (κ1) is 12.4. The molecule has 0 aromatic rings. The standard InChI is InChI=1S/C14H28N2/c1-3-16(4-2)11-13-7-10-14(12-15-13)8-5-6-9-14/h13,15H,3-12H2,1-2H3. The molecule has 2 nitrogen and oxygen atoms in total. The summed E-state index contributed by atoms with van der Waals surface area (Å²) >= 11 is 0. The molecule has 1 spiro atoms. The predicted molar refractivity (Wildman–Crippen MR) is 69.7 cm³/mol. The van der Waals surface area contributed by atoms with Crippen LogP contribution in [0.5, 0.6) is 0 Å². The van der Waals surface area contributed by atoms with Crippen molar-refractivity contribution in [1.82, 2.24) is 10.2 Å². The van der Waals surface area contributed by atoms with Crippen molar-refractivity contribution in [3.8, 4) is 0 Å². The maximum absolute atomic E-state index is 3.81. The van der Waals surface area contributed by atoms with Gasteiger partial charge in [0.25, 0.3) is 0 Å². The molecule has 94 valence electrons. The number of nitrogens with one attached hydrogen (secondary N) is 1. The monoisotopic (exact) mass is 224 g/mol. The fraction of sp³-hybridized carbons (Fsp3) is 1.00. The lowest BCUT2D eigenvalue weighted by atomic mass is 9.77. The third kappa shape index (κ3) is 2.78. The third-order valence-electron chi connectivity index (χ3n) is 4.83. The molecule has 0 aromatic heterocycles. The molecule has 2 aliphatic rings. The molecule has 1 N–H and O–H groups in total. The Labute approximate surface area is 101 Å². The second kappa shape index (κ2) is 5.50. The minimum absolute atomic E-state index is 0.708. The maximum atomic E-state index is 3.81. The van der Waals surface area contributed by atoms with Crippen molar-refractivity contribution in [2.45, 2.75) is 58.4 Å². The molecule has 1 aliphatic heterocycles. The number of nitrogens with zero attached hydrogens (tertiary/aromatic N) is 1. The quantitative estimate of drug-likeness (QED) is 0.790. The van der Waals surface area contributed by atoms with E-state index in [0.717, 1.165) is 6.04 Å². The minimum Gasteiger partial charge on any atom is -0.312 e. The molecule has 2 heteroatoms. The zero-order valence-corrected chi connectivity index (χ0v) is 11.1. The Balaban J connectivity index is 1.76. The number of likely N-dealkylation sites (N-methyl/N-ethyl adjacent to an activating group) is 1. The van der Waals surface area contributed by atoms with Gasteiger partial charge in [0.1, 0.15) is 0 Å². The van der Waals surface area contributed by atoms with Crippen molar-refractivity contribution in [1.29, 1.82) is 0 Å². The van der Waals surface area contributed by atoms with Crippen LogP contribution in [0.4, 0.5) is 0 Å². The zero-order chi connectivity index (χ0) is 11.4. The summed E-state index contributed by atoms with van der Waals surface area (Å²) < 4.78 is 0. The van der Waals surface area contributed by atoms with Crippen LogP contribution in [0.3, 0.4) is 0 Å². The molecular formula is C14H28N2. The van der Waals surface area contributed by atoms with Gasteiger partial charge in [0.05, 0.1) is 0 Å². The van der Waals surface area contributed by atoms with E-state index >= 15 is 0 Å².